The molecular weight excluding hydrogens is 231 g/mol. The van der Waals surface area contributed by atoms with Crippen molar-refractivity contribution < 1.29 is 13.5 Å². The largest absolute Gasteiger partial charge is 0.378 e. The van der Waals surface area contributed by atoms with Crippen LogP contribution in [0.15, 0.2) is 0 Å². The van der Waals surface area contributed by atoms with Gasteiger partial charge in [-0.1, -0.05) is 23.1 Å². The second-order valence-electron chi connectivity index (χ2n) is 4.96. The normalized spacial score (nSPS) is 20.6. The van der Waals surface area contributed by atoms with E-state index in [9.17, 15) is 8.78 Å². The van der Waals surface area contributed by atoms with E-state index in [0.29, 0.717) is 19.0 Å². The molecule has 1 fully saturated rings. The average Bonchev–Trinajstić information content (AvgIpc) is 2.14. The first-order chi connectivity index (χ1) is 7.37. The summed E-state index contributed by atoms with van der Waals surface area (Å²) in [5.74, 6) is 0.536. The monoisotopic (exact) mass is 253 g/mol. The Hall–Kier alpha value is 0.210. The fourth-order valence-electron chi connectivity index (χ4n) is 1.86. The summed E-state index contributed by atoms with van der Waals surface area (Å²) in [6.45, 7) is 6.27. The van der Waals surface area contributed by atoms with Gasteiger partial charge < -0.3 is 4.74 Å². The first-order valence-corrected chi connectivity index (χ1v) is 6.45. The zero-order valence-corrected chi connectivity index (χ0v) is 11.2. The number of halogens is 2. The Labute approximate surface area is 98.9 Å². The minimum absolute atomic E-state index is 0.158. The van der Waals surface area contributed by atoms with E-state index in [-0.39, 0.29) is 12.6 Å². The molecule has 0 spiro atoms. The van der Waals surface area contributed by atoms with Gasteiger partial charge in [0, 0.05) is 19.7 Å². The van der Waals surface area contributed by atoms with Gasteiger partial charge in [-0.25, -0.2) is 8.78 Å². The van der Waals surface area contributed by atoms with Gasteiger partial charge in [0.2, 0.25) is 0 Å². The molecular formula is C11H22F2NOP. The average molecular weight is 253 g/mol. The Morgan fingerprint density at radius 3 is 2.38 bits per heavy atom. The van der Waals surface area contributed by atoms with Gasteiger partial charge in [0.25, 0.3) is 5.66 Å². The van der Waals surface area contributed by atoms with Crippen molar-refractivity contribution in [3.8, 4) is 0 Å². The maximum Gasteiger partial charge on any atom is 0.271 e. The van der Waals surface area contributed by atoms with Crippen LogP contribution in [0.25, 0.3) is 0 Å². The zero-order chi connectivity index (χ0) is 12.2. The highest BCUT2D eigenvalue weighted by Gasteiger charge is 2.28. The van der Waals surface area contributed by atoms with Crippen molar-refractivity contribution in [2.75, 3.05) is 26.2 Å². The lowest BCUT2D eigenvalue weighted by atomic mass is 10.1. The molecule has 5 heteroatoms. The highest BCUT2D eigenvalue weighted by atomic mass is 31.0. The molecule has 1 saturated heterocycles. The number of ether oxygens (including phenoxy) is 1. The quantitative estimate of drug-likeness (QED) is 0.698. The molecule has 0 N–H and O–H groups in total. The summed E-state index contributed by atoms with van der Waals surface area (Å²) < 4.78 is 31.2. The molecule has 16 heavy (non-hydrogen) atoms. The van der Waals surface area contributed by atoms with E-state index < -0.39 is 5.66 Å². The molecule has 1 atom stereocenters. The number of hydrogen-bond donors (Lipinski definition) is 0. The van der Waals surface area contributed by atoms with Gasteiger partial charge in [-0.3, -0.25) is 4.90 Å². The second kappa shape index (κ2) is 6.23. The van der Waals surface area contributed by atoms with E-state index in [1.165, 1.54) is 0 Å². The summed E-state index contributed by atoms with van der Waals surface area (Å²) >= 11 is 0. The van der Waals surface area contributed by atoms with Crippen molar-refractivity contribution in [1.29, 1.82) is 0 Å². The van der Waals surface area contributed by atoms with Crippen molar-refractivity contribution in [1.82, 2.24) is 4.90 Å². The molecule has 1 heterocycles. The van der Waals surface area contributed by atoms with E-state index in [1.54, 1.807) is 9.24 Å². The van der Waals surface area contributed by atoms with Crippen LogP contribution in [0.1, 0.15) is 26.7 Å². The summed E-state index contributed by atoms with van der Waals surface area (Å²) in [5.41, 5.74) is -2.66. The molecule has 0 radical (unpaired) electrons. The third-order valence-corrected chi connectivity index (χ3v) is 2.82. The van der Waals surface area contributed by atoms with Crippen LogP contribution >= 0.6 is 9.24 Å². The maximum absolute atomic E-state index is 12.7. The summed E-state index contributed by atoms with van der Waals surface area (Å²) in [5, 5.41) is 0. The third-order valence-electron chi connectivity index (χ3n) is 2.63. The van der Waals surface area contributed by atoms with E-state index in [4.69, 9.17) is 4.74 Å². The lowest BCUT2D eigenvalue weighted by Gasteiger charge is -2.33. The summed E-state index contributed by atoms with van der Waals surface area (Å²) in [7, 11) is 1.60. The number of nitrogens with zero attached hydrogens (tertiary/aromatic N) is 1. The van der Waals surface area contributed by atoms with Crippen LogP contribution in [0, 0.1) is 5.92 Å². The van der Waals surface area contributed by atoms with E-state index in [0.717, 1.165) is 19.4 Å². The fourth-order valence-corrected chi connectivity index (χ4v) is 2.12. The molecule has 96 valence electrons. The smallest absolute Gasteiger partial charge is 0.271 e. The fraction of sp³-hybridized carbons (Fsp3) is 1.00. The number of likely N-dealkylation sites (tertiary alicyclic amines) is 1. The van der Waals surface area contributed by atoms with Crippen LogP contribution < -0.4 is 0 Å². The second-order valence-corrected chi connectivity index (χ2v) is 5.81. The molecule has 1 aliphatic heterocycles. The van der Waals surface area contributed by atoms with Crippen molar-refractivity contribution in [3.63, 3.8) is 0 Å². The molecule has 0 aromatic rings. The molecule has 0 saturated carbocycles. The lowest BCUT2D eigenvalue weighted by molar-refractivity contribution is -0.0213. The van der Waals surface area contributed by atoms with Crippen molar-refractivity contribution >= 4 is 9.24 Å². The van der Waals surface area contributed by atoms with Crippen molar-refractivity contribution in [2.24, 2.45) is 5.92 Å². The maximum atomic E-state index is 12.7. The van der Waals surface area contributed by atoms with E-state index >= 15 is 0 Å². The number of alkyl halides is 2. The molecule has 0 amide bonds. The van der Waals surface area contributed by atoms with Gasteiger partial charge in [-0.2, -0.15) is 0 Å². The summed E-state index contributed by atoms with van der Waals surface area (Å²) in [6.07, 6.45) is 2.00. The van der Waals surface area contributed by atoms with Crippen LogP contribution in [0.4, 0.5) is 8.78 Å². The molecule has 1 aliphatic rings. The third kappa shape index (κ3) is 6.07. The molecule has 0 aromatic heterocycles. The zero-order valence-electron chi connectivity index (χ0n) is 10.1. The molecule has 1 unspecified atom stereocenters. The van der Waals surface area contributed by atoms with Gasteiger partial charge in [0.15, 0.2) is 0 Å². The lowest BCUT2D eigenvalue weighted by Crippen LogP contribution is -2.41. The Bertz CT molecular complexity index is 201. The van der Waals surface area contributed by atoms with Gasteiger partial charge in [-0.15, -0.1) is 0 Å². The Balaban J connectivity index is 2.18. The first-order valence-electron chi connectivity index (χ1n) is 5.87. The van der Waals surface area contributed by atoms with Crippen LogP contribution in [0.2, 0.25) is 0 Å². The molecule has 0 bridgehead atoms. The standard InChI is InChI=1S/C11H22F2NOP/c1-9(2)7-15-10-3-5-14(6-4-10)8-11(12,13)16/h9-10H,3-8,16H2,1-2H3. The minimum Gasteiger partial charge on any atom is -0.378 e. The van der Waals surface area contributed by atoms with E-state index in [2.05, 4.69) is 13.8 Å². The summed E-state index contributed by atoms with van der Waals surface area (Å²) in [4.78, 5) is 1.81. The Morgan fingerprint density at radius 2 is 1.94 bits per heavy atom. The van der Waals surface area contributed by atoms with Crippen molar-refractivity contribution in [2.45, 2.75) is 38.5 Å². The SMILES string of the molecule is CC(C)COC1CCN(CC(F)(F)P)CC1. The number of rotatable bonds is 5. The summed E-state index contributed by atoms with van der Waals surface area (Å²) in [6, 6.07) is 0. The van der Waals surface area contributed by atoms with Crippen molar-refractivity contribution in [3.05, 3.63) is 0 Å². The highest BCUT2D eigenvalue weighted by molar-refractivity contribution is 7.18. The molecule has 0 aliphatic carbocycles. The topological polar surface area (TPSA) is 12.5 Å². The number of hydrogen-bond acceptors (Lipinski definition) is 2. The number of piperidine rings is 1. The molecule has 0 aromatic carbocycles. The first kappa shape index (κ1) is 14.3. The molecule has 1 rings (SSSR count). The van der Waals surface area contributed by atoms with Gasteiger partial charge in [0.1, 0.15) is 0 Å². The Kier molecular flexibility index (Phi) is 5.55. The van der Waals surface area contributed by atoms with Gasteiger partial charge in [-0.05, 0) is 18.8 Å². The van der Waals surface area contributed by atoms with Crippen LogP contribution in [0.3, 0.4) is 0 Å². The molecule has 2 nitrogen and oxygen atoms in total. The van der Waals surface area contributed by atoms with Gasteiger partial charge in [0.05, 0.1) is 12.6 Å². The minimum atomic E-state index is -2.66. The van der Waals surface area contributed by atoms with Crippen LogP contribution in [-0.2, 0) is 4.74 Å². The Morgan fingerprint density at radius 1 is 1.38 bits per heavy atom. The predicted octanol–water partition coefficient (Wildman–Crippen LogP) is 2.59. The van der Waals surface area contributed by atoms with Gasteiger partial charge >= 0.3 is 0 Å². The van der Waals surface area contributed by atoms with E-state index in [1.807, 2.05) is 4.90 Å². The predicted molar refractivity (Wildman–Crippen MR) is 64.9 cm³/mol. The van der Waals surface area contributed by atoms with Crippen LogP contribution in [0.5, 0.6) is 0 Å². The van der Waals surface area contributed by atoms with Crippen LogP contribution in [-0.4, -0.2) is 42.9 Å². The highest BCUT2D eigenvalue weighted by Crippen LogP contribution is 2.25.